The molecule has 1 amide bonds. The number of carboxylic acid groups (broad SMARTS) is 1. The van der Waals surface area contributed by atoms with Crippen molar-refractivity contribution >= 4 is 11.9 Å². The van der Waals surface area contributed by atoms with Gasteiger partial charge in [0.1, 0.15) is 6.42 Å². The largest absolute Gasteiger partial charge is 0.481 e. The number of amides is 1. The van der Waals surface area contributed by atoms with Gasteiger partial charge in [-0.1, -0.05) is 0 Å². The molecule has 5 heteroatoms. The summed E-state index contributed by atoms with van der Waals surface area (Å²) in [6.45, 7) is 0.634. The normalized spacial score (nSPS) is 9.62. The first-order chi connectivity index (χ1) is 6.16. The standard InChI is InChI=1S/C8H15NO4/c10-5-3-1-2-4-9-7(11)6-8(12)13/h10H,1-6H2,(H,9,11)(H,12,13). The Hall–Kier alpha value is -1.10. The summed E-state index contributed by atoms with van der Waals surface area (Å²) in [4.78, 5) is 20.8. The second-order valence-electron chi connectivity index (χ2n) is 2.70. The second-order valence-corrected chi connectivity index (χ2v) is 2.70. The van der Waals surface area contributed by atoms with Gasteiger partial charge in [-0.25, -0.2) is 0 Å². The number of unbranched alkanes of at least 4 members (excludes halogenated alkanes) is 2. The molecule has 0 atom stereocenters. The fourth-order valence-electron chi connectivity index (χ4n) is 0.841. The number of carboxylic acids is 1. The van der Waals surface area contributed by atoms with Crippen LogP contribution >= 0.6 is 0 Å². The summed E-state index contributed by atoms with van der Waals surface area (Å²) < 4.78 is 0. The van der Waals surface area contributed by atoms with Crippen molar-refractivity contribution in [2.24, 2.45) is 0 Å². The predicted octanol–water partition coefficient (Wildman–Crippen LogP) is -0.260. The number of nitrogens with one attached hydrogen (secondary N) is 1. The summed E-state index contributed by atoms with van der Waals surface area (Å²) in [6.07, 6.45) is 1.85. The van der Waals surface area contributed by atoms with Crippen molar-refractivity contribution in [3.05, 3.63) is 0 Å². The topological polar surface area (TPSA) is 86.6 Å². The number of carbonyl (C=O) groups is 2. The first-order valence-corrected chi connectivity index (χ1v) is 4.26. The fraction of sp³-hybridized carbons (Fsp3) is 0.750. The quantitative estimate of drug-likeness (QED) is 0.380. The van der Waals surface area contributed by atoms with Crippen LogP contribution < -0.4 is 5.32 Å². The number of aliphatic hydroxyl groups is 1. The molecule has 0 fully saturated rings. The lowest BCUT2D eigenvalue weighted by Crippen LogP contribution is -2.26. The van der Waals surface area contributed by atoms with Gasteiger partial charge in [0.05, 0.1) is 0 Å². The summed E-state index contributed by atoms with van der Waals surface area (Å²) in [7, 11) is 0. The second kappa shape index (κ2) is 7.54. The van der Waals surface area contributed by atoms with E-state index in [1.54, 1.807) is 0 Å². The van der Waals surface area contributed by atoms with Crippen molar-refractivity contribution in [3.63, 3.8) is 0 Å². The maximum absolute atomic E-state index is 10.7. The zero-order chi connectivity index (χ0) is 10.1. The third kappa shape index (κ3) is 8.81. The van der Waals surface area contributed by atoms with E-state index in [9.17, 15) is 9.59 Å². The lowest BCUT2D eigenvalue weighted by molar-refractivity contribution is -0.140. The highest BCUT2D eigenvalue weighted by atomic mass is 16.4. The number of carbonyl (C=O) groups excluding carboxylic acids is 1. The molecule has 0 heterocycles. The smallest absolute Gasteiger partial charge is 0.312 e. The van der Waals surface area contributed by atoms with Gasteiger partial charge in [-0.15, -0.1) is 0 Å². The Bertz CT molecular complexity index is 170. The van der Waals surface area contributed by atoms with E-state index in [1.807, 2.05) is 0 Å². The van der Waals surface area contributed by atoms with Crippen LogP contribution in [0.25, 0.3) is 0 Å². The third-order valence-corrected chi connectivity index (χ3v) is 1.47. The molecule has 0 radical (unpaired) electrons. The van der Waals surface area contributed by atoms with Crippen LogP contribution in [0.5, 0.6) is 0 Å². The average molecular weight is 189 g/mol. The highest BCUT2D eigenvalue weighted by Crippen LogP contribution is 1.92. The molecule has 0 aromatic rings. The predicted molar refractivity (Wildman–Crippen MR) is 46.2 cm³/mol. The molecule has 0 rings (SSSR count). The molecule has 0 unspecified atom stereocenters. The van der Waals surface area contributed by atoms with Gasteiger partial charge in [0, 0.05) is 13.2 Å². The average Bonchev–Trinajstić information content (AvgIpc) is 2.02. The van der Waals surface area contributed by atoms with Gasteiger partial charge in [-0.2, -0.15) is 0 Å². The minimum Gasteiger partial charge on any atom is -0.481 e. The molecule has 5 nitrogen and oxygen atoms in total. The van der Waals surface area contributed by atoms with E-state index < -0.39 is 18.3 Å². The van der Waals surface area contributed by atoms with Crippen LogP contribution in [0, 0.1) is 0 Å². The van der Waals surface area contributed by atoms with Crippen molar-refractivity contribution < 1.29 is 19.8 Å². The van der Waals surface area contributed by atoms with Crippen LogP contribution in [0.1, 0.15) is 25.7 Å². The Kier molecular flexibility index (Phi) is 6.91. The van der Waals surface area contributed by atoms with Gasteiger partial charge in [-0.05, 0) is 19.3 Å². The number of aliphatic hydroxyl groups excluding tert-OH is 1. The Morgan fingerprint density at radius 1 is 1.15 bits per heavy atom. The fourth-order valence-corrected chi connectivity index (χ4v) is 0.841. The highest BCUT2D eigenvalue weighted by molar-refractivity contribution is 5.93. The Balaban J connectivity index is 3.22. The van der Waals surface area contributed by atoms with Crippen LogP contribution in [-0.2, 0) is 9.59 Å². The van der Waals surface area contributed by atoms with Gasteiger partial charge in [0.2, 0.25) is 5.91 Å². The van der Waals surface area contributed by atoms with Crippen LogP contribution in [-0.4, -0.2) is 35.2 Å². The summed E-state index contributed by atoms with van der Waals surface area (Å²) in [5.41, 5.74) is 0. The first-order valence-electron chi connectivity index (χ1n) is 4.26. The Morgan fingerprint density at radius 3 is 2.38 bits per heavy atom. The zero-order valence-electron chi connectivity index (χ0n) is 7.45. The van der Waals surface area contributed by atoms with Crippen molar-refractivity contribution in [3.8, 4) is 0 Å². The van der Waals surface area contributed by atoms with E-state index in [4.69, 9.17) is 10.2 Å². The maximum atomic E-state index is 10.7. The monoisotopic (exact) mass is 189 g/mol. The van der Waals surface area contributed by atoms with E-state index in [2.05, 4.69) is 5.32 Å². The number of rotatable bonds is 7. The van der Waals surface area contributed by atoms with Gasteiger partial charge < -0.3 is 15.5 Å². The maximum Gasteiger partial charge on any atom is 0.312 e. The highest BCUT2D eigenvalue weighted by Gasteiger charge is 2.05. The van der Waals surface area contributed by atoms with Crippen molar-refractivity contribution in [1.29, 1.82) is 0 Å². The molecule has 13 heavy (non-hydrogen) atoms. The van der Waals surface area contributed by atoms with Gasteiger partial charge in [0.15, 0.2) is 0 Å². The van der Waals surface area contributed by atoms with Crippen LogP contribution in [0.2, 0.25) is 0 Å². The molecule has 0 spiro atoms. The van der Waals surface area contributed by atoms with E-state index in [1.165, 1.54) is 0 Å². The number of aliphatic carboxylic acids is 1. The van der Waals surface area contributed by atoms with Crippen LogP contribution in [0.4, 0.5) is 0 Å². The molecule has 0 aliphatic carbocycles. The lowest BCUT2D eigenvalue weighted by atomic mass is 10.2. The summed E-state index contributed by atoms with van der Waals surface area (Å²) >= 11 is 0. The van der Waals surface area contributed by atoms with E-state index >= 15 is 0 Å². The summed E-state index contributed by atoms with van der Waals surface area (Å²) in [5.74, 6) is -1.58. The molecule has 0 aliphatic heterocycles. The Labute approximate surface area is 76.8 Å². The van der Waals surface area contributed by atoms with Gasteiger partial charge in [-0.3, -0.25) is 9.59 Å². The molecule has 0 saturated heterocycles. The Morgan fingerprint density at radius 2 is 1.85 bits per heavy atom. The van der Waals surface area contributed by atoms with Crippen molar-refractivity contribution in [2.75, 3.05) is 13.2 Å². The molecule has 0 saturated carbocycles. The minimum absolute atomic E-state index is 0.156. The molecule has 0 aromatic heterocycles. The minimum atomic E-state index is -1.12. The molecular weight excluding hydrogens is 174 g/mol. The van der Waals surface area contributed by atoms with Gasteiger partial charge in [0.25, 0.3) is 0 Å². The molecule has 0 aromatic carbocycles. The van der Waals surface area contributed by atoms with Crippen LogP contribution in [0.3, 0.4) is 0 Å². The first kappa shape index (κ1) is 11.9. The third-order valence-electron chi connectivity index (χ3n) is 1.47. The summed E-state index contributed by atoms with van der Waals surface area (Å²) in [5, 5.41) is 19.1. The zero-order valence-corrected chi connectivity index (χ0v) is 7.45. The molecule has 3 N–H and O–H groups in total. The molecule has 76 valence electrons. The molecule has 0 aliphatic rings. The van der Waals surface area contributed by atoms with Gasteiger partial charge >= 0.3 is 5.97 Å². The summed E-state index contributed by atoms with van der Waals surface area (Å²) in [6, 6.07) is 0. The van der Waals surface area contributed by atoms with E-state index in [0.717, 1.165) is 19.3 Å². The lowest BCUT2D eigenvalue weighted by Gasteiger charge is -2.01. The number of hydrogen-bond donors (Lipinski definition) is 3. The van der Waals surface area contributed by atoms with Crippen LogP contribution in [0.15, 0.2) is 0 Å². The SMILES string of the molecule is O=C(O)CC(=O)NCCCCCO. The van der Waals surface area contributed by atoms with Crippen molar-refractivity contribution in [1.82, 2.24) is 5.32 Å². The van der Waals surface area contributed by atoms with E-state index in [0.29, 0.717) is 6.54 Å². The van der Waals surface area contributed by atoms with E-state index in [-0.39, 0.29) is 6.61 Å². The molecular formula is C8H15NO4. The molecule has 0 bridgehead atoms. The number of hydrogen-bond acceptors (Lipinski definition) is 3. The van der Waals surface area contributed by atoms with Crippen molar-refractivity contribution in [2.45, 2.75) is 25.7 Å².